The molecule has 0 saturated carbocycles. The number of aromatic nitrogens is 2. The summed E-state index contributed by atoms with van der Waals surface area (Å²) in [6.45, 7) is 6.56. The fourth-order valence-electron chi connectivity index (χ4n) is 3.97. The second-order valence-electron chi connectivity index (χ2n) is 7.88. The van der Waals surface area contributed by atoms with Crippen molar-refractivity contribution in [2.75, 3.05) is 49.2 Å². The number of hydrogen-bond donors (Lipinski definition) is 1. The van der Waals surface area contributed by atoms with Crippen molar-refractivity contribution >= 4 is 17.5 Å². The third kappa shape index (κ3) is 4.87. The van der Waals surface area contributed by atoms with Gasteiger partial charge in [-0.05, 0) is 37.5 Å². The summed E-state index contributed by atoms with van der Waals surface area (Å²) in [4.78, 5) is 26.1. The number of carbonyl (C=O) groups is 1. The molecule has 160 valence electrons. The number of amides is 1. The van der Waals surface area contributed by atoms with Crippen molar-refractivity contribution in [3.8, 4) is 0 Å². The number of carbonyl (C=O) groups excluding carboxylic acids is 1. The Hall–Kier alpha value is -2.74. The van der Waals surface area contributed by atoms with Crippen LogP contribution in [0.15, 0.2) is 36.7 Å². The molecule has 8 heteroatoms. The van der Waals surface area contributed by atoms with Gasteiger partial charge < -0.3 is 19.9 Å². The molecule has 4 rings (SSSR count). The van der Waals surface area contributed by atoms with Gasteiger partial charge >= 0.3 is 0 Å². The Morgan fingerprint density at radius 3 is 2.33 bits per heavy atom. The summed E-state index contributed by atoms with van der Waals surface area (Å²) in [5.74, 6) is 0.515. The summed E-state index contributed by atoms with van der Waals surface area (Å²) in [7, 11) is 0. The number of piperidine rings is 1. The molecule has 2 aliphatic rings. The maximum Gasteiger partial charge on any atom is 0.225 e. The van der Waals surface area contributed by atoms with Crippen LogP contribution in [0.3, 0.4) is 0 Å². The quantitative estimate of drug-likeness (QED) is 0.812. The van der Waals surface area contributed by atoms with Gasteiger partial charge in [-0.2, -0.15) is 0 Å². The van der Waals surface area contributed by atoms with Gasteiger partial charge in [0.05, 0.1) is 37.3 Å². The molecule has 2 fully saturated rings. The average Bonchev–Trinajstić information content (AvgIpc) is 2.80. The topological polar surface area (TPSA) is 70.6 Å². The molecule has 3 heterocycles. The highest BCUT2D eigenvalue weighted by Gasteiger charge is 2.26. The second-order valence-corrected chi connectivity index (χ2v) is 7.88. The smallest absolute Gasteiger partial charge is 0.225 e. The van der Waals surface area contributed by atoms with Crippen molar-refractivity contribution in [1.29, 1.82) is 0 Å². The number of halogens is 1. The highest BCUT2D eigenvalue weighted by molar-refractivity contribution is 5.79. The molecular formula is C22H28FN5O2. The predicted molar refractivity (Wildman–Crippen MR) is 113 cm³/mol. The van der Waals surface area contributed by atoms with Crippen LogP contribution < -0.4 is 15.1 Å². The van der Waals surface area contributed by atoms with Gasteiger partial charge in [-0.3, -0.25) is 4.79 Å². The van der Waals surface area contributed by atoms with E-state index in [1.54, 1.807) is 12.1 Å². The molecule has 30 heavy (non-hydrogen) atoms. The summed E-state index contributed by atoms with van der Waals surface area (Å²) < 4.78 is 18.5. The van der Waals surface area contributed by atoms with Gasteiger partial charge in [0.15, 0.2) is 0 Å². The van der Waals surface area contributed by atoms with Crippen LogP contribution >= 0.6 is 0 Å². The number of anilines is 2. The zero-order valence-corrected chi connectivity index (χ0v) is 17.3. The van der Waals surface area contributed by atoms with Crippen LogP contribution in [0, 0.1) is 11.7 Å². The van der Waals surface area contributed by atoms with Gasteiger partial charge in [-0.1, -0.05) is 12.1 Å². The molecule has 1 amide bonds. The molecule has 1 atom stereocenters. The lowest BCUT2D eigenvalue weighted by Gasteiger charge is -2.33. The van der Waals surface area contributed by atoms with E-state index in [1.165, 1.54) is 12.1 Å². The maximum absolute atomic E-state index is 13.1. The number of hydrogen-bond acceptors (Lipinski definition) is 6. The first-order chi connectivity index (χ1) is 14.6. The lowest BCUT2D eigenvalue weighted by Crippen LogP contribution is -2.41. The third-order valence-corrected chi connectivity index (χ3v) is 5.88. The standard InChI is InChI=1S/C22H28FN5O2/c1-16(17-2-4-19(23)5-3-17)26-21(29)18-6-8-27(9-7-18)20-14-24-22(25-15-20)28-10-12-30-13-11-28/h2-5,14-16,18H,6-13H2,1H3,(H,26,29)/t16-/m0/s1. The molecule has 2 aromatic rings. The van der Waals surface area contributed by atoms with Gasteiger partial charge in [0.25, 0.3) is 0 Å². The van der Waals surface area contributed by atoms with Crippen LogP contribution in [-0.2, 0) is 9.53 Å². The number of nitrogens with one attached hydrogen (secondary N) is 1. The molecule has 0 bridgehead atoms. The van der Waals surface area contributed by atoms with E-state index in [0.29, 0.717) is 13.2 Å². The molecule has 2 aliphatic heterocycles. The number of rotatable bonds is 5. The van der Waals surface area contributed by atoms with Gasteiger partial charge in [-0.25, -0.2) is 14.4 Å². The van der Waals surface area contributed by atoms with Crippen molar-refractivity contribution in [3.63, 3.8) is 0 Å². The Morgan fingerprint density at radius 1 is 1.07 bits per heavy atom. The predicted octanol–water partition coefficient (Wildman–Crippen LogP) is 2.55. The van der Waals surface area contributed by atoms with E-state index in [-0.39, 0.29) is 23.7 Å². The first kappa shape index (κ1) is 20.5. The third-order valence-electron chi connectivity index (χ3n) is 5.88. The van der Waals surface area contributed by atoms with Crippen LogP contribution in [0.1, 0.15) is 31.4 Å². The minimum Gasteiger partial charge on any atom is -0.378 e. The zero-order chi connectivity index (χ0) is 20.9. The SMILES string of the molecule is C[C@H](NC(=O)C1CCN(c2cnc(N3CCOCC3)nc2)CC1)c1ccc(F)cc1. The molecule has 1 aromatic carbocycles. The number of benzene rings is 1. The van der Waals surface area contributed by atoms with Gasteiger partial charge in [-0.15, -0.1) is 0 Å². The van der Waals surface area contributed by atoms with E-state index in [0.717, 1.165) is 56.2 Å². The summed E-state index contributed by atoms with van der Waals surface area (Å²) in [5.41, 5.74) is 1.89. The summed E-state index contributed by atoms with van der Waals surface area (Å²) in [6.07, 6.45) is 5.31. The lowest BCUT2D eigenvalue weighted by atomic mass is 9.95. The van der Waals surface area contributed by atoms with Gasteiger partial charge in [0, 0.05) is 32.1 Å². The van der Waals surface area contributed by atoms with Crippen LogP contribution in [0.5, 0.6) is 0 Å². The summed E-state index contributed by atoms with van der Waals surface area (Å²) >= 11 is 0. The van der Waals surface area contributed by atoms with E-state index in [4.69, 9.17) is 4.74 Å². The Labute approximate surface area is 176 Å². The molecule has 7 nitrogen and oxygen atoms in total. The molecule has 0 radical (unpaired) electrons. The minimum absolute atomic E-state index is 0.0160. The number of nitrogens with zero attached hydrogens (tertiary/aromatic N) is 4. The first-order valence-electron chi connectivity index (χ1n) is 10.6. The lowest BCUT2D eigenvalue weighted by molar-refractivity contribution is -0.126. The van der Waals surface area contributed by atoms with E-state index in [1.807, 2.05) is 19.3 Å². The van der Waals surface area contributed by atoms with Crippen LogP contribution in [0.25, 0.3) is 0 Å². The maximum atomic E-state index is 13.1. The number of morpholine rings is 1. The fraction of sp³-hybridized carbons (Fsp3) is 0.500. The summed E-state index contributed by atoms with van der Waals surface area (Å²) in [5, 5.41) is 3.06. The molecular weight excluding hydrogens is 385 g/mol. The highest BCUT2D eigenvalue weighted by atomic mass is 19.1. The fourth-order valence-corrected chi connectivity index (χ4v) is 3.97. The Bertz CT molecular complexity index is 832. The largest absolute Gasteiger partial charge is 0.378 e. The first-order valence-corrected chi connectivity index (χ1v) is 10.6. The van der Waals surface area contributed by atoms with Gasteiger partial charge in [0.1, 0.15) is 5.82 Å². The molecule has 0 spiro atoms. The van der Waals surface area contributed by atoms with Crippen molar-refractivity contribution < 1.29 is 13.9 Å². The van der Waals surface area contributed by atoms with E-state index >= 15 is 0 Å². The minimum atomic E-state index is -0.272. The number of ether oxygens (including phenoxy) is 1. The Balaban J connectivity index is 1.28. The van der Waals surface area contributed by atoms with Crippen LogP contribution in [0.2, 0.25) is 0 Å². The second kappa shape index (κ2) is 9.38. The van der Waals surface area contributed by atoms with E-state index in [9.17, 15) is 9.18 Å². The van der Waals surface area contributed by atoms with E-state index < -0.39 is 0 Å². The highest BCUT2D eigenvalue weighted by Crippen LogP contribution is 2.24. The Morgan fingerprint density at radius 2 is 1.70 bits per heavy atom. The van der Waals surface area contributed by atoms with Crippen molar-refractivity contribution in [1.82, 2.24) is 15.3 Å². The zero-order valence-electron chi connectivity index (χ0n) is 17.3. The molecule has 0 aliphatic carbocycles. The average molecular weight is 413 g/mol. The Kier molecular flexibility index (Phi) is 6.42. The molecule has 2 saturated heterocycles. The van der Waals surface area contributed by atoms with Gasteiger partial charge in [0.2, 0.25) is 11.9 Å². The molecule has 1 aromatic heterocycles. The summed E-state index contributed by atoms with van der Waals surface area (Å²) in [6, 6.07) is 6.12. The molecule has 0 unspecified atom stereocenters. The van der Waals surface area contributed by atoms with Crippen LogP contribution in [0.4, 0.5) is 16.0 Å². The van der Waals surface area contributed by atoms with Crippen LogP contribution in [-0.4, -0.2) is 55.3 Å². The van der Waals surface area contributed by atoms with Crippen molar-refractivity contribution in [2.24, 2.45) is 5.92 Å². The van der Waals surface area contributed by atoms with Crippen molar-refractivity contribution in [3.05, 3.63) is 48.0 Å². The molecule has 1 N–H and O–H groups in total. The van der Waals surface area contributed by atoms with Crippen molar-refractivity contribution in [2.45, 2.75) is 25.8 Å². The monoisotopic (exact) mass is 413 g/mol. The normalized spacial score (nSPS) is 18.9. The van der Waals surface area contributed by atoms with E-state index in [2.05, 4.69) is 25.1 Å².